The lowest BCUT2D eigenvalue weighted by molar-refractivity contribution is -0.136. The fraction of sp³-hybridized carbons (Fsp3) is 0.609. The maximum absolute atomic E-state index is 12.9. The average Bonchev–Trinajstić information content (AvgIpc) is 2.95. The Kier molecular flexibility index (Phi) is 6.81. The summed E-state index contributed by atoms with van der Waals surface area (Å²) in [7, 11) is 3.94. The molecule has 1 atom stereocenters. The molecule has 1 spiro atoms. The number of aryl methyl sites for hydroxylation is 1. The van der Waals surface area contributed by atoms with Crippen molar-refractivity contribution in [3.8, 4) is 0 Å². The highest BCUT2D eigenvalue weighted by molar-refractivity contribution is 6.09. The molecule has 1 saturated heterocycles. The summed E-state index contributed by atoms with van der Waals surface area (Å²) >= 11 is 0. The molecule has 164 valence electrons. The van der Waals surface area contributed by atoms with E-state index in [0.717, 1.165) is 29.7 Å². The number of amides is 4. The molecule has 0 bridgehead atoms. The van der Waals surface area contributed by atoms with Gasteiger partial charge in [-0.2, -0.15) is 0 Å². The van der Waals surface area contributed by atoms with Gasteiger partial charge in [-0.1, -0.05) is 38.1 Å². The van der Waals surface area contributed by atoms with E-state index in [1.165, 1.54) is 5.56 Å². The van der Waals surface area contributed by atoms with Gasteiger partial charge < -0.3 is 15.5 Å². The van der Waals surface area contributed by atoms with Gasteiger partial charge in [0.2, 0.25) is 5.91 Å². The quantitative estimate of drug-likeness (QED) is 0.672. The van der Waals surface area contributed by atoms with Gasteiger partial charge in [0.25, 0.3) is 5.91 Å². The van der Waals surface area contributed by atoms with Gasteiger partial charge in [0.1, 0.15) is 12.1 Å². The number of hydrogen-bond acceptors (Lipinski definition) is 4. The lowest BCUT2D eigenvalue weighted by Crippen LogP contribution is -2.50. The number of benzene rings is 1. The molecular weight excluding hydrogens is 380 g/mol. The lowest BCUT2D eigenvalue weighted by Gasteiger charge is -2.33. The maximum atomic E-state index is 12.9. The zero-order valence-electron chi connectivity index (χ0n) is 18.5. The van der Waals surface area contributed by atoms with Crippen LogP contribution in [0.3, 0.4) is 0 Å². The Balaban J connectivity index is 1.59. The van der Waals surface area contributed by atoms with Crippen molar-refractivity contribution in [3.05, 3.63) is 35.4 Å². The molecule has 2 N–H and O–H groups in total. The number of nitrogens with one attached hydrogen (secondary N) is 2. The van der Waals surface area contributed by atoms with Gasteiger partial charge in [0, 0.05) is 6.54 Å². The highest BCUT2D eigenvalue weighted by atomic mass is 16.2. The van der Waals surface area contributed by atoms with Crippen LogP contribution >= 0.6 is 0 Å². The zero-order valence-corrected chi connectivity index (χ0v) is 18.5. The first-order valence-electron chi connectivity index (χ1n) is 10.9. The van der Waals surface area contributed by atoms with Gasteiger partial charge in [0.05, 0.1) is 6.04 Å². The largest absolute Gasteiger partial charge is 0.353 e. The summed E-state index contributed by atoms with van der Waals surface area (Å²) in [5.74, 6) is -0.0161. The van der Waals surface area contributed by atoms with Gasteiger partial charge in [-0.3, -0.25) is 14.5 Å². The molecule has 3 rings (SSSR count). The molecule has 1 saturated carbocycles. The van der Waals surface area contributed by atoms with E-state index in [1.54, 1.807) is 0 Å². The molecule has 30 heavy (non-hydrogen) atoms. The molecule has 0 aromatic heterocycles. The van der Waals surface area contributed by atoms with Gasteiger partial charge in [-0.15, -0.1) is 0 Å². The molecule has 7 heteroatoms. The zero-order chi connectivity index (χ0) is 21.9. The smallest absolute Gasteiger partial charge is 0.325 e. The lowest BCUT2D eigenvalue weighted by atomic mass is 9.77. The molecule has 1 aromatic rings. The Morgan fingerprint density at radius 2 is 1.87 bits per heavy atom. The van der Waals surface area contributed by atoms with Crippen LogP contribution in [0.5, 0.6) is 0 Å². The fourth-order valence-electron chi connectivity index (χ4n) is 4.40. The predicted molar refractivity (Wildman–Crippen MR) is 116 cm³/mol. The highest BCUT2D eigenvalue weighted by Gasteiger charge is 2.52. The van der Waals surface area contributed by atoms with Crippen molar-refractivity contribution in [2.75, 3.05) is 27.2 Å². The summed E-state index contributed by atoms with van der Waals surface area (Å²) in [6.07, 6.45) is 4.09. The number of hydrogen-bond donors (Lipinski definition) is 2. The van der Waals surface area contributed by atoms with E-state index in [1.807, 2.05) is 19.0 Å². The number of carbonyl (C=O) groups is 3. The van der Waals surface area contributed by atoms with Crippen LogP contribution in [0.15, 0.2) is 24.3 Å². The highest BCUT2D eigenvalue weighted by Crippen LogP contribution is 2.36. The summed E-state index contributed by atoms with van der Waals surface area (Å²) in [6, 6.07) is 7.93. The molecule has 1 aromatic carbocycles. The number of likely N-dealkylation sites (N-methyl/N-ethyl adjacent to an activating group) is 1. The molecule has 2 aliphatic rings. The summed E-state index contributed by atoms with van der Waals surface area (Å²) in [4.78, 5) is 41.0. The van der Waals surface area contributed by atoms with Crippen molar-refractivity contribution in [1.29, 1.82) is 0 Å². The second-order valence-corrected chi connectivity index (χ2v) is 8.96. The van der Waals surface area contributed by atoms with Crippen LogP contribution in [-0.2, 0) is 16.0 Å². The molecule has 7 nitrogen and oxygen atoms in total. The second-order valence-electron chi connectivity index (χ2n) is 8.96. The van der Waals surface area contributed by atoms with Crippen LogP contribution in [0.4, 0.5) is 4.79 Å². The third kappa shape index (κ3) is 4.67. The minimum absolute atomic E-state index is 0.00846. The van der Waals surface area contributed by atoms with Crippen LogP contribution in [0.1, 0.15) is 56.7 Å². The van der Waals surface area contributed by atoms with Crippen molar-refractivity contribution in [1.82, 2.24) is 20.4 Å². The Labute approximate surface area is 179 Å². The predicted octanol–water partition coefficient (Wildman–Crippen LogP) is 2.47. The number of rotatable bonds is 7. The molecule has 1 aliphatic heterocycles. The topological polar surface area (TPSA) is 81.8 Å². The first kappa shape index (κ1) is 22.3. The van der Waals surface area contributed by atoms with E-state index in [9.17, 15) is 14.4 Å². The van der Waals surface area contributed by atoms with Gasteiger partial charge in [-0.05, 0) is 63.2 Å². The normalized spacial score (nSPS) is 25.0. The molecule has 4 amide bonds. The first-order chi connectivity index (χ1) is 14.3. The van der Waals surface area contributed by atoms with E-state index in [0.29, 0.717) is 25.3 Å². The summed E-state index contributed by atoms with van der Waals surface area (Å²) in [5, 5.41) is 5.77. The summed E-state index contributed by atoms with van der Waals surface area (Å²) < 4.78 is 0. The number of nitrogens with zero attached hydrogens (tertiary/aromatic N) is 2. The van der Waals surface area contributed by atoms with Crippen LogP contribution in [0.25, 0.3) is 0 Å². The molecule has 2 fully saturated rings. The third-order valence-electron chi connectivity index (χ3n) is 6.56. The summed E-state index contributed by atoms with van der Waals surface area (Å²) in [6.45, 7) is 4.45. The number of carbonyl (C=O) groups excluding carboxylic acids is 3. The number of imide groups is 1. The Morgan fingerprint density at radius 1 is 1.23 bits per heavy atom. The van der Waals surface area contributed by atoms with Gasteiger partial charge in [0.15, 0.2) is 0 Å². The number of urea groups is 1. The Bertz CT molecular complexity index is 782. The van der Waals surface area contributed by atoms with Crippen LogP contribution < -0.4 is 10.6 Å². The van der Waals surface area contributed by atoms with Gasteiger partial charge in [-0.25, -0.2) is 4.79 Å². The van der Waals surface area contributed by atoms with Crippen molar-refractivity contribution in [3.63, 3.8) is 0 Å². The second kappa shape index (κ2) is 9.16. The average molecular weight is 415 g/mol. The first-order valence-corrected chi connectivity index (χ1v) is 10.9. The van der Waals surface area contributed by atoms with Crippen molar-refractivity contribution in [2.45, 2.75) is 57.5 Å². The van der Waals surface area contributed by atoms with Crippen molar-refractivity contribution >= 4 is 17.8 Å². The molecular formula is C23H34N4O3. The Hall–Kier alpha value is -2.41. The molecule has 1 aliphatic carbocycles. The van der Waals surface area contributed by atoms with Crippen LogP contribution in [-0.4, -0.2) is 60.4 Å². The van der Waals surface area contributed by atoms with E-state index >= 15 is 0 Å². The van der Waals surface area contributed by atoms with Crippen LogP contribution in [0.2, 0.25) is 0 Å². The van der Waals surface area contributed by atoms with Crippen molar-refractivity contribution < 1.29 is 14.4 Å². The maximum Gasteiger partial charge on any atom is 0.325 e. The Morgan fingerprint density at radius 3 is 2.43 bits per heavy atom. The van der Waals surface area contributed by atoms with Crippen molar-refractivity contribution in [2.24, 2.45) is 5.92 Å². The van der Waals surface area contributed by atoms with E-state index in [-0.39, 0.29) is 24.4 Å². The molecule has 0 radical (unpaired) electrons. The SMILES string of the molecule is CCc1ccc(C(CNC(=O)CN2C(=O)NC3(CCC(C)CC3)C2=O)N(C)C)cc1. The monoisotopic (exact) mass is 414 g/mol. The van der Waals surface area contributed by atoms with E-state index in [4.69, 9.17) is 0 Å². The molecule has 1 heterocycles. The third-order valence-corrected chi connectivity index (χ3v) is 6.56. The molecule has 1 unspecified atom stereocenters. The minimum atomic E-state index is -0.808. The van der Waals surface area contributed by atoms with Gasteiger partial charge >= 0.3 is 6.03 Å². The fourth-order valence-corrected chi connectivity index (χ4v) is 4.40. The van der Waals surface area contributed by atoms with E-state index in [2.05, 4.69) is 48.7 Å². The van der Waals surface area contributed by atoms with Crippen LogP contribution in [0, 0.1) is 5.92 Å². The standard InChI is InChI=1S/C23H34N4O3/c1-5-17-6-8-18(9-7-17)19(26(3)4)14-24-20(28)15-27-21(29)23(25-22(27)30)12-10-16(2)11-13-23/h6-9,16,19H,5,10-15H2,1-4H3,(H,24,28)(H,25,30). The summed E-state index contributed by atoms with van der Waals surface area (Å²) in [5.41, 5.74) is 1.57. The van der Waals surface area contributed by atoms with E-state index < -0.39 is 11.6 Å². The minimum Gasteiger partial charge on any atom is -0.353 e.